The van der Waals surface area contributed by atoms with Crippen molar-refractivity contribution in [3.05, 3.63) is 28.8 Å². The maximum Gasteiger partial charge on any atom is 0.337 e. The average molecular weight is 357 g/mol. The van der Waals surface area contributed by atoms with Gasteiger partial charge in [-0.15, -0.1) is 0 Å². The molecule has 2 amide bonds. The van der Waals surface area contributed by atoms with E-state index in [1.807, 2.05) is 0 Å². The second-order valence-electron chi connectivity index (χ2n) is 4.92. The summed E-state index contributed by atoms with van der Waals surface area (Å²) in [7, 11) is 2.81. The fourth-order valence-corrected chi connectivity index (χ4v) is 2.23. The number of halogens is 1. The Kier molecular flexibility index (Phi) is 8.21. The third kappa shape index (κ3) is 5.82. The van der Waals surface area contributed by atoms with E-state index >= 15 is 0 Å². The third-order valence-electron chi connectivity index (χ3n) is 3.23. The van der Waals surface area contributed by atoms with Gasteiger partial charge in [-0.1, -0.05) is 11.6 Å². The Morgan fingerprint density at radius 2 is 1.96 bits per heavy atom. The van der Waals surface area contributed by atoms with Crippen LogP contribution in [-0.2, 0) is 19.1 Å². The molecule has 24 heavy (non-hydrogen) atoms. The van der Waals surface area contributed by atoms with Gasteiger partial charge in [0.2, 0.25) is 11.8 Å². The molecule has 0 unspecified atom stereocenters. The SMILES string of the molecule is COCCNC(=O)CCN(C(C)=O)c1cc(C(=O)OC)ccc1Cl. The largest absolute Gasteiger partial charge is 0.465 e. The van der Waals surface area contributed by atoms with Crippen LogP contribution in [0.15, 0.2) is 18.2 Å². The van der Waals surface area contributed by atoms with Crippen molar-refractivity contribution in [2.45, 2.75) is 13.3 Å². The molecule has 0 heterocycles. The number of anilines is 1. The average Bonchev–Trinajstić information content (AvgIpc) is 2.55. The Morgan fingerprint density at radius 1 is 1.25 bits per heavy atom. The van der Waals surface area contributed by atoms with Gasteiger partial charge in [0.25, 0.3) is 0 Å². The molecule has 0 aromatic heterocycles. The number of ether oxygens (including phenoxy) is 2. The number of benzene rings is 1. The molecule has 0 atom stereocenters. The lowest BCUT2D eigenvalue weighted by Gasteiger charge is -2.22. The van der Waals surface area contributed by atoms with Crippen LogP contribution in [-0.4, -0.2) is 51.7 Å². The van der Waals surface area contributed by atoms with E-state index in [2.05, 4.69) is 10.1 Å². The van der Waals surface area contributed by atoms with E-state index < -0.39 is 5.97 Å². The van der Waals surface area contributed by atoms with Gasteiger partial charge >= 0.3 is 5.97 Å². The van der Waals surface area contributed by atoms with Gasteiger partial charge in [-0.25, -0.2) is 4.79 Å². The lowest BCUT2D eigenvalue weighted by atomic mass is 10.1. The van der Waals surface area contributed by atoms with Gasteiger partial charge in [0.1, 0.15) is 0 Å². The van der Waals surface area contributed by atoms with Crippen LogP contribution < -0.4 is 10.2 Å². The molecule has 132 valence electrons. The first-order chi connectivity index (χ1) is 11.4. The van der Waals surface area contributed by atoms with Crippen molar-refractivity contribution >= 4 is 35.1 Å². The number of nitrogens with zero attached hydrogens (tertiary/aromatic N) is 1. The number of hydrogen-bond donors (Lipinski definition) is 1. The van der Waals surface area contributed by atoms with Gasteiger partial charge in [-0.2, -0.15) is 0 Å². The highest BCUT2D eigenvalue weighted by atomic mass is 35.5. The molecule has 0 saturated carbocycles. The zero-order valence-corrected chi connectivity index (χ0v) is 14.7. The van der Waals surface area contributed by atoms with E-state index in [1.54, 1.807) is 7.11 Å². The Balaban J connectivity index is 2.86. The fraction of sp³-hybridized carbons (Fsp3) is 0.438. The molecule has 0 spiro atoms. The normalized spacial score (nSPS) is 10.2. The molecule has 1 aromatic carbocycles. The molecule has 0 radical (unpaired) electrons. The predicted molar refractivity (Wildman–Crippen MR) is 90.3 cm³/mol. The lowest BCUT2D eigenvalue weighted by Crippen LogP contribution is -2.35. The Labute approximate surface area is 145 Å². The summed E-state index contributed by atoms with van der Waals surface area (Å²) in [5, 5.41) is 2.98. The second-order valence-corrected chi connectivity index (χ2v) is 5.33. The lowest BCUT2D eigenvalue weighted by molar-refractivity contribution is -0.121. The number of esters is 1. The van der Waals surface area contributed by atoms with Crippen LogP contribution in [0.3, 0.4) is 0 Å². The van der Waals surface area contributed by atoms with Crippen LogP contribution in [0.25, 0.3) is 0 Å². The van der Waals surface area contributed by atoms with Gasteiger partial charge < -0.3 is 19.7 Å². The van der Waals surface area contributed by atoms with Gasteiger partial charge in [-0.05, 0) is 18.2 Å². The maximum absolute atomic E-state index is 11.9. The summed E-state index contributed by atoms with van der Waals surface area (Å²) in [5.41, 5.74) is 0.629. The molecule has 1 N–H and O–H groups in total. The van der Waals surface area contributed by atoms with Crippen LogP contribution in [0.2, 0.25) is 5.02 Å². The summed E-state index contributed by atoms with van der Waals surface area (Å²) in [4.78, 5) is 36.7. The summed E-state index contributed by atoms with van der Waals surface area (Å²) in [6.07, 6.45) is 0.0993. The van der Waals surface area contributed by atoms with Crippen LogP contribution in [0.5, 0.6) is 0 Å². The first-order valence-electron chi connectivity index (χ1n) is 7.32. The zero-order chi connectivity index (χ0) is 18.1. The number of carbonyl (C=O) groups excluding carboxylic acids is 3. The Hall–Kier alpha value is -2.12. The molecule has 0 fully saturated rings. The summed E-state index contributed by atoms with van der Waals surface area (Å²) in [5.74, 6) is -1.03. The highest BCUT2D eigenvalue weighted by Crippen LogP contribution is 2.27. The van der Waals surface area contributed by atoms with E-state index in [1.165, 1.54) is 37.1 Å². The monoisotopic (exact) mass is 356 g/mol. The molecule has 0 aliphatic rings. The Bertz CT molecular complexity index is 606. The van der Waals surface area contributed by atoms with Crippen molar-refractivity contribution in [1.29, 1.82) is 0 Å². The van der Waals surface area contributed by atoms with Crippen molar-refractivity contribution in [3.8, 4) is 0 Å². The Morgan fingerprint density at radius 3 is 2.54 bits per heavy atom. The smallest absolute Gasteiger partial charge is 0.337 e. The maximum atomic E-state index is 11.9. The predicted octanol–water partition coefficient (Wildman–Crippen LogP) is 1.63. The number of nitrogens with one attached hydrogen (secondary N) is 1. The minimum atomic E-state index is -0.534. The van der Waals surface area contributed by atoms with Crippen LogP contribution in [0.4, 0.5) is 5.69 Å². The quantitative estimate of drug-likeness (QED) is 0.565. The minimum Gasteiger partial charge on any atom is -0.465 e. The summed E-state index contributed by atoms with van der Waals surface area (Å²) < 4.78 is 9.51. The third-order valence-corrected chi connectivity index (χ3v) is 3.55. The highest BCUT2D eigenvalue weighted by molar-refractivity contribution is 6.34. The molecule has 1 rings (SSSR count). The van der Waals surface area contributed by atoms with E-state index in [4.69, 9.17) is 16.3 Å². The highest BCUT2D eigenvalue weighted by Gasteiger charge is 2.18. The van der Waals surface area contributed by atoms with E-state index in [-0.39, 0.29) is 30.3 Å². The first-order valence-corrected chi connectivity index (χ1v) is 7.70. The van der Waals surface area contributed by atoms with E-state index in [0.717, 1.165) is 0 Å². The van der Waals surface area contributed by atoms with Gasteiger partial charge in [0, 0.05) is 33.5 Å². The fourth-order valence-electron chi connectivity index (χ4n) is 2.01. The van der Waals surface area contributed by atoms with Gasteiger partial charge in [0.05, 0.1) is 30.0 Å². The van der Waals surface area contributed by atoms with Crippen molar-refractivity contribution in [2.75, 3.05) is 38.8 Å². The van der Waals surface area contributed by atoms with Crippen LogP contribution in [0.1, 0.15) is 23.7 Å². The molecule has 0 aliphatic heterocycles. The standard InChI is InChI=1S/C16H21ClN2O5/c1-11(20)19(8-6-15(21)18-7-9-23-2)14-10-12(16(22)24-3)4-5-13(14)17/h4-5,10H,6-9H2,1-3H3,(H,18,21). The molecule has 0 saturated heterocycles. The van der Waals surface area contributed by atoms with Crippen molar-refractivity contribution in [3.63, 3.8) is 0 Å². The number of hydrogen-bond acceptors (Lipinski definition) is 5. The molecule has 7 nitrogen and oxygen atoms in total. The summed E-state index contributed by atoms with van der Waals surface area (Å²) in [6.45, 7) is 2.31. The van der Waals surface area contributed by atoms with Crippen molar-refractivity contribution in [1.82, 2.24) is 5.32 Å². The van der Waals surface area contributed by atoms with E-state index in [0.29, 0.717) is 23.9 Å². The molecule has 0 aliphatic carbocycles. The molecular weight excluding hydrogens is 336 g/mol. The molecule has 8 heteroatoms. The zero-order valence-electron chi connectivity index (χ0n) is 13.9. The molecule has 0 bridgehead atoms. The van der Waals surface area contributed by atoms with Crippen LogP contribution >= 0.6 is 11.6 Å². The van der Waals surface area contributed by atoms with E-state index in [9.17, 15) is 14.4 Å². The molecule has 1 aromatic rings. The van der Waals surface area contributed by atoms with Crippen molar-refractivity contribution < 1.29 is 23.9 Å². The number of carbonyl (C=O) groups is 3. The summed E-state index contributed by atoms with van der Waals surface area (Å²) in [6, 6.07) is 4.49. The van der Waals surface area contributed by atoms with Gasteiger partial charge in [-0.3, -0.25) is 9.59 Å². The topological polar surface area (TPSA) is 84.9 Å². The van der Waals surface area contributed by atoms with Crippen LogP contribution in [0, 0.1) is 0 Å². The number of amides is 2. The second kappa shape index (κ2) is 9.89. The number of rotatable bonds is 8. The van der Waals surface area contributed by atoms with Gasteiger partial charge in [0.15, 0.2) is 0 Å². The first kappa shape index (κ1) is 19.9. The minimum absolute atomic E-state index is 0.0993. The number of methoxy groups -OCH3 is 2. The van der Waals surface area contributed by atoms with Crippen molar-refractivity contribution in [2.24, 2.45) is 0 Å². The molecular formula is C16H21ClN2O5. The summed E-state index contributed by atoms with van der Waals surface area (Å²) >= 11 is 6.14.